The average molecular weight is 211 g/mol. The molecule has 13 heavy (non-hydrogen) atoms. The lowest BCUT2D eigenvalue weighted by molar-refractivity contribution is -0.146. The molecule has 0 aromatic carbocycles. The third-order valence-corrected chi connectivity index (χ3v) is 2.05. The average Bonchev–Trinajstić information content (AvgIpc) is 1.79. The highest BCUT2D eigenvalue weighted by molar-refractivity contribution is 6.69. The van der Waals surface area contributed by atoms with E-state index < -0.39 is 27.0 Å². The first-order valence-electron chi connectivity index (χ1n) is 3.78. The van der Waals surface area contributed by atoms with Crippen LogP contribution in [0.15, 0.2) is 0 Å². The normalized spacial score (nSPS) is 15.2. The molecule has 0 spiro atoms. The highest BCUT2D eigenvalue weighted by Crippen LogP contribution is 2.24. The van der Waals surface area contributed by atoms with E-state index in [1.807, 2.05) is 0 Å². The van der Waals surface area contributed by atoms with Gasteiger partial charge >= 0.3 is 6.18 Å². The van der Waals surface area contributed by atoms with Crippen molar-refractivity contribution in [2.24, 2.45) is 0 Å². The van der Waals surface area contributed by atoms with E-state index in [4.69, 9.17) is 9.69 Å². The van der Waals surface area contributed by atoms with Crippen molar-refractivity contribution in [3.05, 3.63) is 0 Å². The molecular formula is C7H12F3NOSi. The van der Waals surface area contributed by atoms with E-state index in [2.05, 4.69) is 0 Å². The van der Waals surface area contributed by atoms with Crippen LogP contribution in [0.5, 0.6) is 0 Å². The van der Waals surface area contributed by atoms with Gasteiger partial charge in [0.1, 0.15) is 6.10 Å². The Morgan fingerprint density at radius 3 is 2.08 bits per heavy atom. The molecule has 1 atom stereocenters. The molecule has 0 aromatic rings. The molecule has 0 saturated carbocycles. The van der Waals surface area contributed by atoms with Crippen molar-refractivity contribution >= 4 is 8.32 Å². The molecule has 6 heteroatoms. The fourth-order valence-corrected chi connectivity index (χ4v) is 1.74. The predicted molar refractivity (Wildman–Crippen MR) is 44.5 cm³/mol. The summed E-state index contributed by atoms with van der Waals surface area (Å²) in [5.41, 5.74) is 0. The van der Waals surface area contributed by atoms with E-state index in [-0.39, 0.29) is 0 Å². The highest BCUT2D eigenvalue weighted by Gasteiger charge is 2.34. The van der Waals surface area contributed by atoms with Crippen LogP contribution in [-0.2, 0) is 4.43 Å². The van der Waals surface area contributed by atoms with Gasteiger partial charge in [0.15, 0.2) is 8.32 Å². The van der Waals surface area contributed by atoms with Crippen molar-refractivity contribution in [3.63, 3.8) is 0 Å². The third-order valence-electron chi connectivity index (χ3n) is 1.06. The molecule has 0 amide bonds. The largest absolute Gasteiger partial charge is 0.402 e. The summed E-state index contributed by atoms with van der Waals surface area (Å²) in [6, 6.07) is 1.51. The van der Waals surface area contributed by atoms with Crippen LogP contribution in [0, 0.1) is 11.3 Å². The Labute approximate surface area is 76.4 Å². The molecule has 0 aromatic heterocycles. The molecule has 0 heterocycles. The topological polar surface area (TPSA) is 33.0 Å². The Kier molecular flexibility index (Phi) is 3.94. The fraction of sp³-hybridized carbons (Fsp3) is 0.857. The maximum absolute atomic E-state index is 11.9. The van der Waals surface area contributed by atoms with E-state index in [9.17, 15) is 13.2 Å². The van der Waals surface area contributed by atoms with Gasteiger partial charge in [-0.2, -0.15) is 18.4 Å². The Bertz CT molecular complexity index is 187. The minimum atomic E-state index is -4.33. The van der Waals surface area contributed by atoms with Crippen LogP contribution < -0.4 is 0 Å². The van der Waals surface area contributed by atoms with Crippen LogP contribution in [0.3, 0.4) is 0 Å². The number of rotatable bonds is 3. The first-order chi connectivity index (χ1) is 5.64. The van der Waals surface area contributed by atoms with E-state index in [1.54, 1.807) is 19.6 Å². The van der Waals surface area contributed by atoms with Crippen molar-refractivity contribution in [2.45, 2.75) is 38.3 Å². The fourth-order valence-electron chi connectivity index (χ4n) is 0.751. The van der Waals surface area contributed by atoms with Crippen LogP contribution in [0.2, 0.25) is 19.6 Å². The van der Waals surface area contributed by atoms with Gasteiger partial charge in [0.25, 0.3) is 0 Å². The van der Waals surface area contributed by atoms with Gasteiger partial charge in [-0.3, -0.25) is 0 Å². The molecule has 0 N–H and O–H groups in total. The van der Waals surface area contributed by atoms with Gasteiger partial charge in [-0.1, -0.05) is 0 Å². The summed E-state index contributed by atoms with van der Waals surface area (Å²) in [6.45, 7) is 5.23. The van der Waals surface area contributed by atoms with Gasteiger partial charge in [0.05, 0.1) is 12.5 Å². The summed E-state index contributed by atoms with van der Waals surface area (Å²) < 4.78 is 40.6. The summed E-state index contributed by atoms with van der Waals surface area (Å²) in [7, 11) is -2.06. The summed E-state index contributed by atoms with van der Waals surface area (Å²) >= 11 is 0. The van der Waals surface area contributed by atoms with Crippen molar-refractivity contribution in [3.8, 4) is 6.07 Å². The Morgan fingerprint density at radius 1 is 1.38 bits per heavy atom. The molecule has 0 saturated heterocycles. The highest BCUT2D eigenvalue weighted by atomic mass is 28.4. The molecule has 0 fully saturated rings. The quantitative estimate of drug-likeness (QED) is 0.672. The van der Waals surface area contributed by atoms with Crippen LogP contribution in [0.1, 0.15) is 6.42 Å². The van der Waals surface area contributed by atoms with Gasteiger partial charge in [0.2, 0.25) is 0 Å². The van der Waals surface area contributed by atoms with Crippen LogP contribution in [-0.4, -0.2) is 20.6 Å². The summed E-state index contributed by atoms with van der Waals surface area (Å²) in [6.07, 6.45) is -6.87. The van der Waals surface area contributed by atoms with E-state index in [0.717, 1.165) is 0 Å². The molecule has 0 radical (unpaired) electrons. The monoisotopic (exact) mass is 211 g/mol. The minimum absolute atomic E-state index is 1.19. The molecule has 0 aliphatic heterocycles. The molecule has 0 rings (SSSR count). The van der Waals surface area contributed by atoms with Crippen molar-refractivity contribution in [1.82, 2.24) is 0 Å². The lowest BCUT2D eigenvalue weighted by Gasteiger charge is -2.22. The number of hydrogen-bond acceptors (Lipinski definition) is 2. The predicted octanol–water partition coefficient (Wildman–Crippen LogP) is 2.68. The third kappa shape index (κ3) is 7.81. The summed E-state index contributed by atoms with van der Waals surface area (Å²) in [5, 5.41) is 8.40. The Hall–Kier alpha value is -0.543. The lowest BCUT2D eigenvalue weighted by atomic mass is 10.3. The van der Waals surface area contributed by atoms with Gasteiger partial charge < -0.3 is 4.43 Å². The first kappa shape index (κ1) is 12.5. The Morgan fingerprint density at radius 2 is 1.85 bits per heavy atom. The van der Waals surface area contributed by atoms with Gasteiger partial charge in [0, 0.05) is 0 Å². The van der Waals surface area contributed by atoms with E-state index in [1.165, 1.54) is 6.07 Å². The lowest BCUT2D eigenvalue weighted by Crippen LogP contribution is -2.33. The standard InChI is InChI=1S/C7H12F3NOSi/c1-13(2,3)12-6(5-11)4-7(8,9)10/h6H,4H2,1-3H3. The van der Waals surface area contributed by atoms with Crippen LogP contribution in [0.25, 0.3) is 0 Å². The van der Waals surface area contributed by atoms with E-state index in [0.29, 0.717) is 0 Å². The second-order valence-electron chi connectivity index (χ2n) is 3.67. The number of halogens is 3. The number of hydrogen-bond donors (Lipinski definition) is 0. The zero-order valence-corrected chi connectivity index (χ0v) is 8.77. The number of alkyl halides is 3. The zero-order chi connectivity index (χ0) is 10.7. The zero-order valence-electron chi connectivity index (χ0n) is 7.77. The van der Waals surface area contributed by atoms with Crippen LogP contribution in [0.4, 0.5) is 13.2 Å². The summed E-state index contributed by atoms with van der Waals surface area (Å²) in [4.78, 5) is 0. The van der Waals surface area contributed by atoms with Gasteiger partial charge in [-0.25, -0.2) is 0 Å². The molecule has 0 aliphatic rings. The van der Waals surface area contributed by atoms with Crippen molar-refractivity contribution < 1.29 is 17.6 Å². The van der Waals surface area contributed by atoms with Crippen molar-refractivity contribution in [1.29, 1.82) is 5.26 Å². The molecule has 76 valence electrons. The molecule has 1 unspecified atom stereocenters. The summed E-state index contributed by atoms with van der Waals surface area (Å²) in [5.74, 6) is 0. The maximum atomic E-state index is 11.9. The van der Waals surface area contributed by atoms with E-state index >= 15 is 0 Å². The second kappa shape index (κ2) is 4.11. The molecule has 2 nitrogen and oxygen atoms in total. The van der Waals surface area contributed by atoms with Crippen molar-refractivity contribution in [2.75, 3.05) is 0 Å². The van der Waals surface area contributed by atoms with Gasteiger partial charge in [-0.05, 0) is 19.6 Å². The smallest absolute Gasteiger partial charge is 0.392 e. The minimum Gasteiger partial charge on any atom is -0.402 e. The number of nitriles is 1. The van der Waals surface area contributed by atoms with Gasteiger partial charge in [-0.15, -0.1) is 0 Å². The maximum Gasteiger partial charge on any atom is 0.392 e. The number of nitrogens with zero attached hydrogens (tertiary/aromatic N) is 1. The Balaban J connectivity index is 4.16. The second-order valence-corrected chi connectivity index (χ2v) is 8.13. The SMILES string of the molecule is C[Si](C)(C)OC(C#N)CC(F)(F)F. The molecule has 0 bridgehead atoms. The van der Waals surface area contributed by atoms with Crippen LogP contribution >= 0.6 is 0 Å². The molecular weight excluding hydrogens is 199 g/mol. The first-order valence-corrected chi connectivity index (χ1v) is 7.19. The molecule has 0 aliphatic carbocycles.